The third-order valence-electron chi connectivity index (χ3n) is 7.84. The zero-order valence-corrected chi connectivity index (χ0v) is 28.7. The minimum atomic E-state index is -1.31. The second-order valence-corrected chi connectivity index (χ2v) is 12.1. The van der Waals surface area contributed by atoms with Crippen molar-refractivity contribution in [3.63, 3.8) is 0 Å². The highest BCUT2D eigenvalue weighted by Gasteiger charge is 2.47. The highest BCUT2D eigenvalue weighted by Crippen LogP contribution is 2.40. The summed E-state index contributed by atoms with van der Waals surface area (Å²) < 4.78 is 11.7. The van der Waals surface area contributed by atoms with Crippen LogP contribution in [-0.2, 0) is 20.7 Å². The number of carbonyl (C=O) groups is 2. The summed E-state index contributed by atoms with van der Waals surface area (Å²) >= 11 is 3.83. The van der Waals surface area contributed by atoms with E-state index < -0.39 is 59.8 Å². The summed E-state index contributed by atoms with van der Waals surface area (Å²) in [4.78, 5) is 24.2. The minimum Gasteiger partial charge on any atom is -0.508 e. The largest absolute Gasteiger partial charge is 0.508 e. The Bertz CT molecular complexity index is 1100. The first-order valence-electron chi connectivity index (χ1n) is 15.2. The maximum Gasteiger partial charge on any atom is 0.339 e. The third-order valence-corrected chi connectivity index (χ3v) is 7.84. The number of aromatic carboxylic acids is 1. The van der Waals surface area contributed by atoms with Gasteiger partial charge in [0.25, 0.3) is 5.91 Å². The Morgan fingerprint density at radius 2 is 1.76 bits per heavy atom. The van der Waals surface area contributed by atoms with Crippen molar-refractivity contribution in [3.05, 3.63) is 34.9 Å². The van der Waals surface area contributed by atoms with Gasteiger partial charge in [-0.2, -0.15) is 0 Å². The second-order valence-electron chi connectivity index (χ2n) is 12.1. The lowest BCUT2D eigenvalue weighted by Crippen LogP contribution is -2.58. The number of rotatable bonds is 14. The van der Waals surface area contributed by atoms with Crippen LogP contribution in [0.25, 0.3) is 0 Å². The summed E-state index contributed by atoms with van der Waals surface area (Å²) in [7, 11) is 1.39. The van der Waals surface area contributed by atoms with Crippen molar-refractivity contribution in [2.24, 2.45) is 5.41 Å². The van der Waals surface area contributed by atoms with Crippen molar-refractivity contribution >= 4 is 30.0 Å². The number of hydrogen-bond acceptors (Lipinski definition) is 10. The topological polar surface area (TPSA) is 186 Å². The van der Waals surface area contributed by atoms with Gasteiger partial charge in [0.05, 0.1) is 18.3 Å². The summed E-state index contributed by atoms with van der Waals surface area (Å²) in [6.07, 6.45) is -2.13. The Kier molecular flexibility index (Phi) is 19.3. The van der Waals surface area contributed by atoms with Crippen LogP contribution < -0.4 is 5.32 Å². The van der Waals surface area contributed by atoms with Gasteiger partial charge < -0.3 is 45.4 Å². The van der Waals surface area contributed by atoms with Gasteiger partial charge in [-0.3, -0.25) is 4.79 Å². The Morgan fingerprint density at radius 3 is 2.27 bits per heavy atom. The monoisotopic (exact) mass is 657 g/mol. The van der Waals surface area contributed by atoms with Gasteiger partial charge in [-0.05, 0) is 62.9 Å². The molecule has 2 rings (SSSR count). The number of aliphatic hydroxyl groups excluding tert-OH is 3. The molecule has 1 unspecified atom stereocenters. The molecule has 258 valence electrons. The molecule has 11 nitrogen and oxygen atoms in total. The van der Waals surface area contributed by atoms with E-state index in [1.54, 1.807) is 6.92 Å². The number of thiocarbonyl (C=S) groups is 1. The van der Waals surface area contributed by atoms with Gasteiger partial charge in [0.2, 0.25) is 0 Å². The number of phenols is 2. The SMILES string of the molecule is C=C(C)CC[C@H](O)C(=O)NC(OC)[C@@H]1C[C@@H](O)C(C)(C)[C@@H](C[C@H](O)CCCc2c(C)c(O)cc(O)c2C(=O)O)O1.C=S.CCC. The maximum absolute atomic E-state index is 12.5. The summed E-state index contributed by atoms with van der Waals surface area (Å²) in [6, 6.07) is 1.000. The van der Waals surface area contributed by atoms with Crippen LogP contribution in [0.5, 0.6) is 11.5 Å². The molecular weight excluding hydrogens is 602 g/mol. The van der Waals surface area contributed by atoms with Crippen molar-refractivity contribution in [3.8, 4) is 11.5 Å². The van der Waals surface area contributed by atoms with Gasteiger partial charge in [0.15, 0.2) is 6.23 Å². The molecule has 0 saturated carbocycles. The average molecular weight is 658 g/mol. The standard InChI is InChI=1S/C29H45NO10.C3H8.CH2S/c1-15(2)10-11-19(32)26(36)30-27(39-6)22-14-23(35)29(4,5)24(40-22)12-17(31)8-7-9-18-16(3)20(33)13-21(34)25(18)28(37)38;1-3-2;1-2/h13,17,19,22-24,27,31-35H,1,7-12,14H2,2-6H3,(H,30,36)(H,37,38);3H2,1-2H3;1H2/t17-,19+,22+,23-,24-,27?;;/m1../s1. The number of aliphatic hydroxyl groups is 3. The van der Waals surface area contributed by atoms with E-state index in [4.69, 9.17) is 9.47 Å². The zero-order valence-electron chi connectivity index (χ0n) is 27.8. The van der Waals surface area contributed by atoms with Gasteiger partial charge in [0, 0.05) is 31.4 Å². The van der Waals surface area contributed by atoms with E-state index in [2.05, 4.69) is 43.8 Å². The van der Waals surface area contributed by atoms with Crippen LogP contribution in [0, 0.1) is 12.3 Å². The molecule has 1 fully saturated rings. The number of carbonyl (C=O) groups excluding carboxylic acids is 1. The van der Waals surface area contributed by atoms with Gasteiger partial charge in [-0.15, -0.1) is 6.58 Å². The number of amides is 1. The van der Waals surface area contributed by atoms with Crippen LogP contribution in [-0.4, -0.2) is 92.2 Å². The average Bonchev–Trinajstić information content (AvgIpc) is 2.96. The van der Waals surface area contributed by atoms with E-state index in [1.807, 2.05) is 20.8 Å². The van der Waals surface area contributed by atoms with Gasteiger partial charge in [0.1, 0.15) is 29.3 Å². The molecular formula is C33H55NO10S. The van der Waals surface area contributed by atoms with E-state index >= 15 is 0 Å². The lowest BCUT2D eigenvalue weighted by atomic mass is 9.74. The molecule has 0 bridgehead atoms. The first-order chi connectivity index (χ1) is 21.0. The Hall–Kier alpha value is -2.61. The van der Waals surface area contributed by atoms with Crippen molar-refractivity contribution in [1.82, 2.24) is 5.32 Å². The number of phenolic OH excluding ortho intramolecular Hbond substituents is 1. The van der Waals surface area contributed by atoms with E-state index in [9.17, 15) is 40.2 Å². The Labute approximate surface area is 273 Å². The van der Waals surface area contributed by atoms with Crippen LogP contribution >= 0.6 is 12.2 Å². The molecule has 12 heteroatoms. The fraction of sp³-hybridized carbons (Fsp3) is 0.667. The van der Waals surface area contributed by atoms with E-state index in [0.29, 0.717) is 24.0 Å². The number of aromatic hydroxyl groups is 2. The zero-order chi connectivity index (χ0) is 35.1. The molecule has 0 aliphatic carbocycles. The quantitative estimate of drug-likeness (QED) is 0.0845. The highest BCUT2D eigenvalue weighted by molar-refractivity contribution is 7.77. The second kappa shape index (κ2) is 20.5. The lowest BCUT2D eigenvalue weighted by molar-refractivity contribution is -0.214. The van der Waals surface area contributed by atoms with E-state index in [1.165, 1.54) is 13.5 Å². The number of allylic oxidation sites excluding steroid dienone is 1. The van der Waals surface area contributed by atoms with Crippen LogP contribution in [0.1, 0.15) is 101 Å². The maximum atomic E-state index is 12.5. The number of carboxylic acid groups (broad SMARTS) is 1. The number of benzene rings is 1. The highest BCUT2D eigenvalue weighted by atomic mass is 32.1. The molecule has 1 aromatic rings. The molecule has 6 atom stereocenters. The minimum absolute atomic E-state index is 0.155. The fourth-order valence-corrected chi connectivity index (χ4v) is 5.03. The Morgan fingerprint density at radius 1 is 1.18 bits per heavy atom. The molecule has 7 N–H and O–H groups in total. The summed E-state index contributed by atoms with van der Waals surface area (Å²) in [5.74, 6) is 0.170. The van der Waals surface area contributed by atoms with Gasteiger partial charge in [-0.1, -0.05) is 51.9 Å². The molecule has 0 spiro atoms. The summed E-state index contributed by atoms with van der Waals surface area (Å²) in [5.41, 5.74) is 0.487. The third kappa shape index (κ3) is 13.0. The summed E-state index contributed by atoms with van der Waals surface area (Å²) in [5, 5.41) is 64.1. The molecule has 45 heavy (non-hydrogen) atoms. The van der Waals surface area contributed by atoms with Crippen molar-refractivity contribution in [2.45, 2.75) is 130 Å². The summed E-state index contributed by atoms with van der Waals surface area (Å²) in [6.45, 7) is 15.0. The molecule has 1 heterocycles. The van der Waals surface area contributed by atoms with Crippen LogP contribution in [0.4, 0.5) is 0 Å². The van der Waals surface area contributed by atoms with Crippen LogP contribution in [0.3, 0.4) is 0 Å². The predicted octanol–water partition coefficient (Wildman–Crippen LogP) is 4.56. The van der Waals surface area contributed by atoms with Gasteiger partial charge >= 0.3 is 5.97 Å². The van der Waals surface area contributed by atoms with Crippen molar-refractivity contribution in [1.29, 1.82) is 0 Å². The number of ether oxygens (including phenoxy) is 2. The predicted molar refractivity (Wildman–Crippen MR) is 178 cm³/mol. The molecule has 1 amide bonds. The number of nitrogens with one attached hydrogen (secondary N) is 1. The molecule has 1 aliphatic rings. The molecule has 1 aliphatic heterocycles. The molecule has 0 aromatic heterocycles. The first kappa shape index (κ1) is 42.4. The van der Waals surface area contributed by atoms with Crippen LogP contribution in [0.15, 0.2) is 18.2 Å². The fourth-order valence-electron chi connectivity index (χ4n) is 5.03. The molecule has 0 radical (unpaired) electrons. The number of carboxylic acids is 1. The number of hydrogen-bond donors (Lipinski definition) is 7. The van der Waals surface area contributed by atoms with Crippen molar-refractivity contribution in [2.75, 3.05) is 7.11 Å². The van der Waals surface area contributed by atoms with Crippen molar-refractivity contribution < 1.29 is 49.7 Å². The van der Waals surface area contributed by atoms with Crippen LogP contribution in [0.2, 0.25) is 0 Å². The lowest BCUT2D eigenvalue weighted by Gasteiger charge is -2.47. The smallest absolute Gasteiger partial charge is 0.339 e. The molecule has 1 saturated heterocycles. The molecule has 1 aromatic carbocycles. The normalized spacial score (nSPS) is 20.7. The Balaban J connectivity index is 0.00000364. The van der Waals surface area contributed by atoms with Gasteiger partial charge in [-0.25, -0.2) is 4.79 Å². The van der Waals surface area contributed by atoms with E-state index in [0.717, 1.165) is 11.6 Å². The number of methoxy groups -OCH3 is 1. The first-order valence-corrected chi connectivity index (χ1v) is 15.8. The van der Waals surface area contributed by atoms with E-state index in [-0.39, 0.29) is 43.4 Å².